The first-order valence-corrected chi connectivity index (χ1v) is 10.1. The Labute approximate surface area is 179 Å². The summed E-state index contributed by atoms with van der Waals surface area (Å²) in [6, 6.07) is 20.5. The van der Waals surface area contributed by atoms with Crippen LogP contribution in [0.15, 0.2) is 83.0 Å². The molecule has 1 N–H and O–H groups in total. The molecule has 0 aliphatic heterocycles. The number of para-hydroxylation sites is 1. The molecule has 0 radical (unpaired) electrons. The lowest BCUT2D eigenvalue weighted by Crippen LogP contribution is -2.15. The molecular formula is C21H14N6O3S. The van der Waals surface area contributed by atoms with E-state index in [9.17, 15) is 14.9 Å². The van der Waals surface area contributed by atoms with E-state index < -0.39 is 4.92 Å². The van der Waals surface area contributed by atoms with Crippen molar-refractivity contribution >= 4 is 34.3 Å². The highest BCUT2D eigenvalue weighted by Crippen LogP contribution is 2.26. The summed E-state index contributed by atoms with van der Waals surface area (Å²) in [5.74, 6) is 1.12. The van der Waals surface area contributed by atoms with Gasteiger partial charge in [0, 0.05) is 23.9 Å². The van der Waals surface area contributed by atoms with Crippen molar-refractivity contribution < 1.29 is 4.92 Å². The van der Waals surface area contributed by atoms with Crippen molar-refractivity contribution in [3.8, 4) is 16.4 Å². The summed E-state index contributed by atoms with van der Waals surface area (Å²) in [5.41, 5.74) is 1.02. The maximum Gasteiger partial charge on any atom is 0.269 e. The second-order valence-corrected chi connectivity index (χ2v) is 7.54. The summed E-state index contributed by atoms with van der Waals surface area (Å²) in [6.45, 7) is 0. The van der Waals surface area contributed by atoms with Gasteiger partial charge in [0.25, 0.3) is 11.2 Å². The zero-order chi connectivity index (χ0) is 21.4. The third kappa shape index (κ3) is 3.45. The molecule has 0 spiro atoms. The number of aromatic nitrogens is 4. The highest BCUT2D eigenvalue weighted by atomic mass is 32.1. The van der Waals surface area contributed by atoms with Crippen LogP contribution in [0.1, 0.15) is 0 Å². The topological polar surface area (TPSA) is 107 Å². The van der Waals surface area contributed by atoms with Gasteiger partial charge in [0.15, 0.2) is 5.82 Å². The Hall–Kier alpha value is -4.31. The predicted molar refractivity (Wildman–Crippen MR) is 118 cm³/mol. The van der Waals surface area contributed by atoms with Gasteiger partial charge in [0.05, 0.1) is 15.5 Å². The van der Waals surface area contributed by atoms with Crippen LogP contribution in [-0.4, -0.2) is 24.1 Å². The quantitative estimate of drug-likeness (QED) is 0.330. The molecule has 0 fully saturated rings. The van der Waals surface area contributed by atoms with Gasteiger partial charge in [-0.2, -0.15) is 9.67 Å². The molecule has 0 saturated carbocycles. The van der Waals surface area contributed by atoms with Crippen molar-refractivity contribution in [2.24, 2.45) is 0 Å². The van der Waals surface area contributed by atoms with E-state index in [-0.39, 0.29) is 11.2 Å². The van der Waals surface area contributed by atoms with E-state index in [0.29, 0.717) is 23.1 Å². The second kappa shape index (κ2) is 7.50. The van der Waals surface area contributed by atoms with E-state index in [1.165, 1.54) is 38.6 Å². The van der Waals surface area contributed by atoms with Crippen LogP contribution < -0.4 is 10.9 Å². The highest BCUT2D eigenvalue weighted by Gasteiger charge is 2.19. The van der Waals surface area contributed by atoms with Crippen molar-refractivity contribution in [1.29, 1.82) is 0 Å². The molecule has 0 atom stereocenters. The van der Waals surface area contributed by atoms with Crippen LogP contribution in [0.5, 0.6) is 0 Å². The van der Waals surface area contributed by atoms with Crippen molar-refractivity contribution in [2.45, 2.75) is 0 Å². The van der Waals surface area contributed by atoms with Crippen LogP contribution in [0.2, 0.25) is 0 Å². The van der Waals surface area contributed by atoms with Crippen LogP contribution >= 0.6 is 11.3 Å². The molecule has 0 aliphatic carbocycles. The molecule has 5 aromatic rings. The molecule has 0 bridgehead atoms. The number of nitrogens with one attached hydrogen (secondary N) is 1. The maximum atomic E-state index is 13.0. The molecule has 10 heteroatoms. The molecule has 0 saturated heterocycles. The SMILES string of the molecule is O=c1cc(Nc2ccccc2)nc2n(-c3ccc([N+](=O)[O-])cc3)nc(-c3cccs3)n12. The fourth-order valence-electron chi connectivity index (χ4n) is 3.18. The van der Waals surface area contributed by atoms with Gasteiger partial charge in [-0.15, -0.1) is 16.4 Å². The molecule has 2 aromatic carbocycles. The number of anilines is 2. The number of benzene rings is 2. The number of nitrogens with zero attached hydrogens (tertiary/aromatic N) is 5. The van der Waals surface area contributed by atoms with Crippen LogP contribution in [0, 0.1) is 10.1 Å². The molecular weight excluding hydrogens is 416 g/mol. The largest absolute Gasteiger partial charge is 0.340 e. The van der Waals surface area contributed by atoms with Crippen molar-refractivity contribution in [3.05, 3.63) is 98.6 Å². The van der Waals surface area contributed by atoms with Crippen LogP contribution in [0.3, 0.4) is 0 Å². The van der Waals surface area contributed by atoms with Gasteiger partial charge >= 0.3 is 0 Å². The summed E-state index contributed by atoms with van der Waals surface area (Å²) >= 11 is 1.45. The fourth-order valence-corrected chi connectivity index (χ4v) is 3.88. The van der Waals surface area contributed by atoms with Crippen molar-refractivity contribution in [1.82, 2.24) is 19.2 Å². The molecule has 31 heavy (non-hydrogen) atoms. The Morgan fingerprint density at radius 3 is 2.45 bits per heavy atom. The molecule has 0 amide bonds. The zero-order valence-electron chi connectivity index (χ0n) is 15.9. The Balaban J connectivity index is 1.71. The smallest absolute Gasteiger partial charge is 0.269 e. The first-order chi connectivity index (χ1) is 15.1. The Kier molecular flexibility index (Phi) is 4.53. The number of nitro groups is 1. The van der Waals surface area contributed by atoms with E-state index in [2.05, 4.69) is 15.4 Å². The number of fused-ring (bicyclic) bond motifs is 1. The fraction of sp³-hybridized carbons (Fsp3) is 0. The average Bonchev–Trinajstić information content (AvgIpc) is 3.43. The first kappa shape index (κ1) is 18.7. The van der Waals surface area contributed by atoms with E-state index in [4.69, 9.17) is 0 Å². The predicted octanol–water partition coefficient (Wildman–Crippen LogP) is 4.26. The zero-order valence-corrected chi connectivity index (χ0v) is 16.7. The summed E-state index contributed by atoms with van der Waals surface area (Å²) < 4.78 is 2.94. The number of rotatable bonds is 5. The average molecular weight is 430 g/mol. The summed E-state index contributed by atoms with van der Waals surface area (Å²) in [7, 11) is 0. The van der Waals surface area contributed by atoms with Gasteiger partial charge in [-0.05, 0) is 35.7 Å². The molecule has 3 aromatic heterocycles. The minimum atomic E-state index is -0.466. The summed E-state index contributed by atoms with van der Waals surface area (Å²) in [5, 5.41) is 20.6. The lowest BCUT2D eigenvalue weighted by Gasteiger charge is -2.07. The number of nitro benzene ring substituents is 1. The van der Waals surface area contributed by atoms with Crippen molar-refractivity contribution in [3.63, 3.8) is 0 Å². The van der Waals surface area contributed by atoms with Gasteiger partial charge < -0.3 is 5.32 Å². The molecule has 0 unspecified atom stereocenters. The third-order valence-electron chi connectivity index (χ3n) is 4.59. The monoisotopic (exact) mass is 430 g/mol. The molecule has 3 heterocycles. The van der Waals surface area contributed by atoms with E-state index in [1.807, 2.05) is 47.8 Å². The van der Waals surface area contributed by atoms with Gasteiger partial charge in [0.2, 0.25) is 5.78 Å². The first-order valence-electron chi connectivity index (χ1n) is 9.24. The van der Waals surface area contributed by atoms with E-state index in [1.54, 1.807) is 12.1 Å². The van der Waals surface area contributed by atoms with Crippen LogP contribution in [0.4, 0.5) is 17.2 Å². The Morgan fingerprint density at radius 2 is 1.77 bits per heavy atom. The number of hydrogen-bond donors (Lipinski definition) is 1. The van der Waals surface area contributed by atoms with Gasteiger partial charge in [0.1, 0.15) is 5.82 Å². The third-order valence-corrected chi connectivity index (χ3v) is 5.46. The Bertz CT molecular complexity index is 1440. The van der Waals surface area contributed by atoms with E-state index >= 15 is 0 Å². The highest BCUT2D eigenvalue weighted by molar-refractivity contribution is 7.13. The molecule has 152 valence electrons. The van der Waals surface area contributed by atoms with Crippen molar-refractivity contribution in [2.75, 3.05) is 5.32 Å². The van der Waals surface area contributed by atoms with Gasteiger partial charge in [-0.25, -0.2) is 4.40 Å². The minimum absolute atomic E-state index is 0.0322. The maximum absolute atomic E-state index is 13.0. The molecule has 0 aliphatic rings. The minimum Gasteiger partial charge on any atom is -0.340 e. The lowest BCUT2D eigenvalue weighted by molar-refractivity contribution is -0.384. The molecule has 9 nitrogen and oxygen atoms in total. The van der Waals surface area contributed by atoms with E-state index in [0.717, 1.165) is 10.6 Å². The standard InChI is InChI=1S/C21H14N6O3S/c28-19-13-18(22-14-5-2-1-3-6-14)23-21-25(19)20(17-7-4-12-31-17)24-26(21)15-8-10-16(11-9-15)27(29)30/h1-13,22H. The normalized spacial score (nSPS) is 11.0. The van der Waals surface area contributed by atoms with Gasteiger partial charge in [-0.1, -0.05) is 24.3 Å². The second-order valence-electron chi connectivity index (χ2n) is 6.59. The van der Waals surface area contributed by atoms with Gasteiger partial charge in [-0.3, -0.25) is 14.9 Å². The number of thiophene rings is 1. The summed E-state index contributed by atoms with van der Waals surface area (Å²) in [4.78, 5) is 29.0. The lowest BCUT2D eigenvalue weighted by atomic mass is 10.3. The Morgan fingerprint density at radius 1 is 1.00 bits per heavy atom. The summed E-state index contributed by atoms with van der Waals surface area (Å²) in [6.07, 6.45) is 0. The molecule has 5 rings (SSSR count). The van der Waals surface area contributed by atoms with Crippen LogP contribution in [0.25, 0.3) is 22.2 Å². The number of non-ortho nitro benzene ring substituents is 1. The number of hydrogen-bond acceptors (Lipinski definition) is 7. The van der Waals surface area contributed by atoms with Crippen LogP contribution in [-0.2, 0) is 0 Å².